The highest BCUT2D eigenvalue weighted by Crippen LogP contribution is 2.33. The number of rotatable bonds is 8. The maximum atomic E-state index is 13.3. The highest BCUT2D eigenvalue weighted by molar-refractivity contribution is 7.98. The van der Waals surface area contributed by atoms with Crippen LogP contribution in [0.25, 0.3) is 0 Å². The third-order valence-corrected chi connectivity index (χ3v) is 7.31. The molecule has 0 spiro atoms. The Kier molecular flexibility index (Phi) is 7.45. The average Bonchev–Trinajstić information content (AvgIpc) is 3.37. The van der Waals surface area contributed by atoms with Crippen molar-refractivity contribution >= 4 is 17.7 Å². The standard InChI is InChI=1S/C28H30N2O4S/c1-2-32-25-11-9-22(17-23(25)19-35-24-6-4-3-5-7-24)28(31)30-14-12-29(13-15-30)18-21-8-10-26-27(16-21)34-20-33-26/h3-11,16-17H,2,12-15,18-20H2,1H3. The number of nitrogens with zero attached hydrogens (tertiary/aromatic N) is 2. The Bertz CT molecular complexity index is 1160. The molecule has 3 aromatic carbocycles. The summed E-state index contributed by atoms with van der Waals surface area (Å²) in [5, 5.41) is 0. The highest BCUT2D eigenvalue weighted by atomic mass is 32.2. The average molecular weight is 491 g/mol. The van der Waals surface area contributed by atoms with Gasteiger partial charge in [-0.25, -0.2) is 0 Å². The van der Waals surface area contributed by atoms with Crippen LogP contribution < -0.4 is 14.2 Å². The van der Waals surface area contributed by atoms with Crippen molar-refractivity contribution in [3.05, 3.63) is 83.4 Å². The molecule has 1 amide bonds. The van der Waals surface area contributed by atoms with E-state index in [9.17, 15) is 4.79 Å². The first-order valence-corrected chi connectivity index (χ1v) is 13.0. The van der Waals surface area contributed by atoms with Crippen LogP contribution in [-0.2, 0) is 12.3 Å². The second kappa shape index (κ2) is 11.1. The number of ether oxygens (including phenoxy) is 3. The van der Waals surface area contributed by atoms with Gasteiger partial charge in [-0.15, -0.1) is 11.8 Å². The number of thioether (sulfide) groups is 1. The summed E-state index contributed by atoms with van der Waals surface area (Å²) >= 11 is 1.75. The van der Waals surface area contributed by atoms with Crippen LogP contribution in [0, 0.1) is 0 Å². The van der Waals surface area contributed by atoms with Crippen molar-refractivity contribution in [2.75, 3.05) is 39.6 Å². The fraction of sp³-hybridized carbons (Fsp3) is 0.321. The van der Waals surface area contributed by atoms with Gasteiger partial charge in [0.2, 0.25) is 6.79 Å². The summed E-state index contributed by atoms with van der Waals surface area (Å²) in [4.78, 5) is 18.9. The van der Waals surface area contributed by atoms with E-state index in [1.54, 1.807) is 11.8 Å². The summed E-state index contributed by atoms with van der Waals surface area (Å²) in [5.74, 6) is 3.31. The molecule has 0 unspecified atom stereocenters. The minimum Gasteiger partial charge on any atom is -0.494 e. The van der Waals surface area contributed by atoms with E-state index in [0.29, 0.717) is 19.7 Å². The number of hydrogen-bond acceptors (Lipinski definition) is 6. The molecule has 7 heteroatoms. The van der Waals surface area contributed by atoms with Gasteiger partial charge in [0.15, 0.2) is 11.5 Å². The zero-order valence-corrected chi connectivity index (χ0v) is 20.8. The van der Waals surface area contributed by atoms with Gasteiger partial charge >= 0.3 is 0 Å². The Morgan fingerprint density at radius 3 is 2.54 bits per heavy atom. The molecule has 0 bridgehead atoms. The van der Waals surface area contributed by atoms with Gasteiger partial charge in [0, 0.05) is 54.5 Å². The Morgan fingerprint density at radius 2 is 1.74 bits per heavy atom. The first kappa shape index (κ1) is 23.6. The Labute approximate surface area is 210 Å². The molecule has 182 valence electrons. The molecule has 0 N–H and O–H groups in total. The van der Waals surface area contributed by atoms with Crippen LogP contribution in [0.2, 0.25) is 0 Å². The van der Waals surface area contributed by atoms with Crippen LogP contribution in [0.3, 0.4) is 0 Å². The van der Waals surface area contributed by atoms with Gasteiger partial charge in [-0.1, -0.05) is 24.3 Å². The molecular weight excluding hydrogens is 460 g/mol. The van der Waals surface area contributed by atoms with Crippen molar-refractivity contribution in [1.82, 2.24) is 9.80 Å². The van der Waals surface area contributed by atoms with E-state index in [-0.39, 0.29) is 12.7 Å². The summed E-state index contributed by atoms with van der Waals surface area (Å²) in [6, 6.07) is 22.2. The molecule has 0 radical (unpaired) electrons. The van der Waals surface area contributed by atoms with Crippen LogP contribution in [0.15, 0.2) is 71.6 Å². The van der Waals surface area contributed by atoms with E-state index in [4.69, 9.17) is 14.2 Å². The normalized spacial score (nSPS) is 15.3. The third-order valence-electron chi connectivity index (χ3n) is 6.25. The molecule has 35 heavy (non-hydrogen) atoms. The summed E-state index contributed by atoms with van der Waals surface area (Å²) in [5.41, 5.74) is 2.97. The predicted octanol–water partition coefficient (Wildman–Crippen LogP) is 5.06. The molecule has 0 atom stereocenters. The van der Waals surface area contributed by atoms with Gasteiger partial charge in [-0.05, 0) is 55.0 Å². The minimum atomic E-state index is 0.0849. The van der Waals surface area contributed by atoms with Crippen LogP contribution in [0.5, 0.6) is 17.2 Å². The van der Waals surface area contributed by atoms with E-state index in [1.807, 2.05) is 54.3 Å². The van der Waals surface area contributed by atoms with Crippen molar-refractivity contribution in [3.8, 4) is 17.2 Å². The fourth-order valence-electron chi connectivity index (χ4n) is 4.39. The fourth-order valence-corrected chi connectivity index (χ4v) is 5.29. The Balaban J connectivity index is 1.20. The zero-order valence-electron chi connectivity index (χ0n) is 19.9. The summed E-state index contributed by atoms with van der Waals surface area (Å²) in [7, 11) is 0. The Hall–Kier alpha value is -3.16. The van der Waals surface area contributed by atoms with Gasteiger partial charge in [-0.2, -0.15) is 0 Å². The summed E-state index contributed by atoms with van der Waals surface area (Å²) in [6.07, 6.45) is 0. The number of piperazine rings is 1. The van der Waals surface area contributed by atoms with Crippen molar-refractivity contribution in [3.63, 3.8) is 0 Å². The molecule has 2 heterocycles. The van der Waals surface area contributed by atoms with Gasteiger partial charge in [0.1, 0.15) is 5.75 Å². The topological polar surface area (TPSA) is 51.2 Å². The van der Waals surface area contributed by atoms with E-state index < -0.39 is 0 Å². The third kappa shape index (κ3) is 5.74. The number of benzene rings is 3. The SMILES string of the molecule is CCOc1ccc(C(=O)N2CCN(Cc3ccc4c(c3)OCO4)CC2)cc1CSc1ccccc1. The molecule has 0 aromatic heterocycles. The Morgan fingerprint density at radius 1 is 0.943 bits per heavy atom. The van der Waals surface area contributed by atoms with E-state index in [1.165, 1.54) is 10.5 Å². The second-order valence-electron chi connectivity index (χ2n) is 8.61. The monoisotopic (exact) mass is 490 g/mol. The van der Waals surface area contributed by atoms with E-state index in [2.05, 4.69) is 29.2 Å². The molecule has 0 saturated carbocycles. The molecule has 2 aliphatic heterocycles. The number of fused-ring (bicyclic) bond motifs is 1. The van der Waals surface area contributed by atoms with Crippen LogP contribution in [0.4, 0.5) is 0 Å². The first-order valence-electron chi connectivity index (χ1n) is 12.0. The van der Waals surface area contributed by atoms with Crippen molar-refractivity contribution < 1.29 is 19.0 Å². The van der Waals surface area contributed by atoms with E-state index in [0.717, 1.165) is 53.8 Å². The maximum Gasteiger partial charge on any atom is 0.253 e. The summed E-state index contributed by atoms with van der Waals surface area (Å²) < 4.78 is 16.7. The van der Waals surface area contributed by atoms with Gasteiger partial charge < -0.3 is 19.1 Å². The zero-order chi connectivity index (χ0) is 24.0. The molecular formula is C28H30N2O4S. The number of hydrogen-bond donors (Lipinski definition) is 0. The smallest absolute Gasteiger partial charge is 0.253 e. The van der Waals surface area contributed by atoms with E-state index >= 15 is 0 Å². The van der Waals surface area contributed by atoms with Gasteiger partial charge in [0.05, 0.1) is 6.61 Å². The predicted molar refractivity (Wildman–Crippen MR) is 137 cm³/mol. The number of amides is 1. The molecule has 3 aromatic rings. The van der Waals surface area contributed by atoms with Crippen LogP contribution in [-0.4, -0.2) is 55.3 Å². The molecule has 1 fully saturated rings. The minimum absolute atomic E-state index is 0.0849. The largest absolute Gasteiger partial charge is 0.494 e. The van der Waals surface area contributed by atoms with Gasteiger partial charge in [0.25, 0.3) is 5.91 Å². The molecule has 1 saturated heterocycles. The highest BCUT2D eigenvalue weighted by Gasteiger charge is 2.23. The number of carbonyl (C=O) groups excluding carboxylic acids is 1. The van der Waals surface area contributed by atoms with Crippen LogP contribution in [0.1, 0.15) is 28.4 Å². The van der Waals surface area contributed by atoms with Gasteiger partial charge in [-0.3, -0.25) is 9.69 Å². The van der Waals surface area contributed by atoms with Crippen LogP contribution >= 0.6 is 11.8 Å². The lowest BCUT2D eigenvalue weighted by molar-refractivity contribution is 0.0628. The maximum absolute atomic E-state index is 13.3. The van der Waals surface area contributed by atoms with Crippen molar-refractivity contribution in [2.45, 2.75) is 24.1 Å². The van der Waals surface area contributed by atoms with Crippen molar-refractivity contribution in [1.29, 1.82) is 0 Å². The lowest BCUT2D eigenvalue weighted by atomic mass is 10.1. The van der Waals surface area contributed by atoms with Crippen molar-refractivity contribution in [2.24, 2.45) is 0 Å². The molecule has 6 nitrogen and oxygen atoms in total. The first-order chi connectivity index (χ1) is 17.2. The quantitative estimate of drug-likeness (QED) is 0.411. The lowest BCUT2D eigenvalue weighted by Crippen LogP contribution is -2.48. The number of carbonyl (C=O) groups is 1. The molecule has 2 aliphatic rings. The molecule has 0 aliphatic carbocycles. The summed E-state index contributed by atoms with van der Waals surface area (Å²) in [6.45, 7) is 6.81. The molecule has 5 rings (SSSR count). The lowest BCUT2D eigenvalue weighted by Gasteiger charge is -2.35. The second-order valence-corrected chi connectivity index (χ2v) is 9.66.